The summed E-state index contributed by atoms with van der Waals surface area (Å²) in [6.07, 6.45) is 0. The molecule has 0 bridgehead atoms. The smallest absolute Gasteiger partial charge is 0.166 e. The Morgan fingerprint density at radius 2 is 2.38 bits per heavy atom. The molecule has 0 aliphatic carbocycles. The van der Waals surface area contributed by atoms with Crippen molar-refractivity contribution in [2.45, 2.75) is 20.4 Å². The molecule has 0 radical (unpaired) electrons. The first kappa shape index (κ1) is 10.4. The Bertz CT molecular complexity index is 283. The van der Waals surface area contributed by atoms with Crippen molar-refractivity contribution in [3.05, 3.63) is 16.1 Å². The lowest BCUT2D eigenvalue weighted by Crippen LogP contribution is -2.34. The molecule has 0 aromatic carbocycles. The van der Waals surface area contributed by atoms with Crippen LogP contribution in [-0.2, 0) is 6.54 Å². The van der Waals surface area contributed by atoms with E-state index < -0.39 is 0 Å². The molecule has 13 heavy (non-hydrogen) atoms. The minimum absolute atomic E-state index is 0.690. The molecule has 1 aromatic heterocycles. The molecule has 0 saturated heterocycles. The van der Waals surface area contributed by atoms with Crippen LogP contribution in [0.1, 0.15) is 17.6 Å². The molecule has 2 N–H and O–H groups in total. The quantitative estimate of drug-likeness (QED) is 0.748. The highest BCUT2D eigenvalue weighted by Gasteiger charge is 1.98. The number of rotatable bonds is 3. The fraction of sp³-hybridized carbons (Fsp3) is 0.500. The molecule has 5 heteroatoms. The Morgan fingerprint density at radius 3 is 2.92 bits per heavy atom. The summed E-state index contributed by atoms with van der Waals surface area (Å²) in [6.45, 7) is 5.57. The van der Waals surface area contributed by atoms with Crippen LogP contribution in [-0.4, -0.2) is 16.6 Å². The molecule has 0 amide bonds. The van der Waals surface area contributed by atoms with E-state index in [2.05, 4.69) is 15.6 Å². The van der Waals surface area contributed by atoms with Gasteiger partial charge < -0.3 is 10.6 Å². The van der Waals surface area contributed by atoms with Gasteiger partial charge in [-0.15, -0.1) is 11.3 Å². The maximum atomic E-state index is 5.01. The third-order valence-corrected chi connectivity index (χ3v) is 2.66. The van der Waals surface area contributed by atoms with Crippen LogP contribution in [0, 0.1) is 6.92 Å². The maximum Gasteiger partial charge on any atom is 0.166 e. The lowest BCUT2D eigenvalue weighted by molar-refractivity contribution is 0.845. The van der Waals surface area contributed by atoms with Crippen LogP contribution in [0.15, 0.2) is 5.38 Å². The summed E-state index contributed by atoms with van der Waals surface area (Å²) in [4.78, 5) is 4.31. The first-order chi connectivity index (χ1) is 6.22. The normalized spacial score (nSPS) is 9.69. The first-order valence-electron chi connectivity index (χ1n) is 4.15. The predicted octanol–water partition coefficient (Wildman–Crippen LogP) is 1.44. The van der Waals surface area contributed by atoms with Gasteiger partial charge in [-0.2, -0.15) is 0 Å². The molecule has 1 rings (SSSR count). The van der Waals surface area contributed by atoms with E-state index in [9.17, 15) is 0 Å². The van der Waals surface area contributed by atoms with E-state index in [1.807, 2.05) is 19.2 Å². The summed E-state index contributed by atoms with van der Waals surface area (Å²) < 4.78 is 0. The monoisotopic (exact) mass is 215 g/mol. The standard InChI is InChI=1S/C8H13N3S2/c1-3-9-8(12)10-4-7-11-6(2)5-13-7/h5H,3-4H2,1-2H3,(H2,9,10,12). The van der Waals surface area contributed by atoms with Crippen LogP contribution in [0.4, 0.5) is 0 Å². The molecule has 0 spiro atoms. The molecule has 0 aliphatic heterocycles. The molecule has 0 unspecified atom stereocenters. The van der Waals surface area contributed by atoms with Crippen molar-refractivity contribution in [3.8, 4) is 0 Å². The molecule has 0 saturated carbocycles. The van der Waals surface area contributed by atoms with Crippen molar-refractivity contribution < 1.29 is 0 Å². The van der Waals surface area contributed by atoms with Gasteiger partial charge >= 0.3 is 0 Å². The number of thiocarbonyl (C=S) groups is 1. The predicted molar refractivity (Wildman–Crippen MR) is 60.0 cm³/mol. The van der Waals surface area contributed by atoms with E-state index in [1.54, 1.807) is 11.3 Å². The van der Waals surface area contributed by atoms with Gasteiger partial charge in [0.15, 0.2) is 5.11 Å². The largest absolute Gasteiger partial charge is 0.363 e. The van der Waals surface area contributed by atoms with Crippen LogP contribution in [0.5, 0.6) is 0 Å². The second-order valence-corrected chi connectivity index (χ2v) is 3.95. The van der Waals surface area contributed by atoms with E-state index in [0.29, 0.717) is 11.7 Å². The zero-order chi connectivity index (χ0) is 9.68. The first-order valence-corrected chi connectivity index (χ1v) is 5.44. The lowest BCUT2D eigenvalue weighted by Gasteiger charge is -2.05. The van der Waals surface area contributed by atoms with Gasteiger partial charge in [0.05, 0.1) is 6.54 Å². The van der Waals surface area contributed by atoms with Crippen LogP contribution in [0.25, 0.3) is 0 Å². The Kier molecular flexibility index (Phi) is 4.11. The van der Waals surface area contributed by atoms with Gasteiger partial charge in [0.2, 0.25) is 0 Å². The summed E-state index contributed by atoms with van der Waals surface area (Å²) in [5.74, 6) is 0. The van der Waals surface area contributed by atoms with E-state index in [4.69, 9.17) is 12.2 Å². The zero-order valence-electron chi connectivity index (χ0n) is 7.76. The second kappa shape index (κ2) is 5.14. The highest BCUT2D eigenvalue weighted by atomic mass is 32.1. The topological polar surface area (TPSA) is 37.0 Å². The van der Waals surface area contributed by atoms with Crippen molar-refractivity contribution in [1.29, 1.82) is 0 Å². The van der Waals surface area contributed by atoms with Gasteiger partial charge in [-0.3, -0.25) is 0 Å². The number of thiazole rings is 1. The summed E-state index contributed by atoms with van der Waals surface area (Å²) in [7, 11) is 0. The summed E-state index contributed by atoms with van der Waals surface area (Å²) >= 11 is 6.66. The molecule has 3 nitrogen and oxygen atoms in total. The van der Waals surface area contributed by atoms with Crippen molar-refractivity contribution in [3.63, 3.8) is 0 Å². The van der Waals surface area contributed by atoms with Crippen LogP contribution >= 0.6 is 23.6 Å². The van der Waals surface area contributed by atoms with Crippen molar-refractivity contribution in [2.75, 3.05) is 6.54 Å². The van der Waals surface area contributed by atoms with Crippen molar-refractivity contribution in [2.24, 2.45) is 0 Å². The minimum atomic E-state index is 0.690. The van der Waals surface area contributed by atoms with E-state index >= 15 is 0 Å². The second-order valence-electron chi connectivity index (χ2n) is 2.60. The van der Waals surface area contributed by atoms with Gasteiger partial charge in [0.1, 0.15) is 5.01 Å². The zero-order valence-corrected chi connectivity index (χ0v) is 9.39. The van der Waals surface area contributed by atoms with Gasteiger partial charge in [-0.1, -0.05) is 0 Å². The molecular weight excluding hydrogens is 202 g/mol. The van der Waals surface area contributed by atoms with Crippen LogP contribution in [0.3, 0.4) is 0 Å². The molecule has 0 fully saturated rings. The summed E-state index contributed by atoms with van der Waals surface area (Å²) in [6, 6.07) is 0. The van der Waals surface area contributed by atoms with Crippen LogP contribution in [0.2, 0.25) is 0 Å². The fourth-order valence-corrected chi connectivity index (χ4v) is 1.79. The Balaban J connectivity index is 2.30. The number of nitrogens with zero attached hydrogens (tertiary/aromatic N) is 1. The Labute approximate surface area is 87.6 Å². The SMILES string of the molecule is CCNC(=S)NCc1nc(C)cs1. The number of hydrogen-bond donors (Lipinski definition) is 2. The minimum Gasteiger partial charge on any atom is -0.363 e. The number of nitrogens with one attached hydrogen (secondary N) is 2. The van der Waals surface area contributed by atoms with E-state index in [0.717, 1.165) is 17.2 Å². The third kappa shape index (κ3) is 3.69. The molecule has 0 atom stereocenters. The summed E-state index contributed by atoms with van der Waals surface area (Å²) in [5.41, 5.74) is 1.07. The highest BCUT2D eigenvalue weighted by Crippen LogP contribution is 2.07. The third-order valence-electron chi connectivity index (χ3n) is 1.40. The highest BCUT2D eigenvalue weighted by molar-refractivity contribution is 7.80. The Hall–Kier alpha value is -0.680. The molecule has 1 heterocycles. The Morgan fingerprint density at radius 1 is 1.62 bits per heavy atom. The average molecular weight is 215 g/mol. The number of hydrogen-bond acceptors (Lipinski definition) is 3. The number of aromatic nitrogens is 1. The van der Waals surface area contributed by atoms with Gasteiger partial charge in [-0.25, -0.2) is 4.98 Å². The van der Waals surface area contributed by atoms with Crippen molar-refractivity contribution in [1.82, 2.24) is 15.6 Å². The van der Waals surface area contributed by atoms with E-state index in [-0.39, 0.29) is 0 Å². The fourth-order valence-electron chi connectivity index (χ4n) is 0.863. The molecular formula is C8H13N3S2. The van der Waals surface area contributed by atoms with Crippen LogP contribution < -0.4 is 10.6 Å². The average Bonchev–Trinajstić information content (AvgIpc) is 2.49. The van der Waals surface area contributed by atoms with Gasteiger partial charge in [0, 0.05) is 17.6 Å². The summed E-state index contributed by atoms with van der Waals surface area (Å²) in [5, 5.41) is 9.89. The lowest BCUT2D eigenvalue weighted by atomic mass is 10.6. The molecule has 1 aromatic rings. The van der Waals surface area contributed by atoms with E-state index in [1.165, 1.54) is 0 Å². The maximum absolute atomic E-state index is 5.01. The van der Waals surface area contributed by atoms with Crippen molar-refractivity contribution >= 4 is 28.7 Å². The van der Waals surface area contributed by atoms with Gasteiger partial charge in [-0.05, 0) is 26.1 Å². The van der Waals surface area contributed by atoms with Gasteiger partial charge in [0.25, 0.3) is 0 Å². The molecule has 0 aliphatic rings. The molecule has 72 valence electrons. The number of aryl methyl sites for hydroxylation is 1.